The molecule has 2 heterocycles. The fourth-order valence-electron chi connectivity index (χ4n) is 2.18. The van der Waals surface area contributed by atoms with E-state index in [2.05, 4.69) is 17.1 Å². The number of para-hydroxylation sites is 1. The minimum Gasteiger partial charge on any atom is -0.349 e. The zero-order valence-electron chi connectivity index (χ0n) is 10.4. The minimum atomic E-state index is 0. The van der Waals surface area contributed by atoms with E-state index >= 15 is 0 Å². The summed E-state index contributed by atoms with van der Waals surface area (Å²) in [7, 11) is 1.94. The van der Waals surface area contributed by atoms with E-state index in [0.717, 1.165) is 22.5 Å². The maximum Gasteiger partial charge on any atom is 0.101 e. The number of allylic oxidation sites excluding steroid dienone is 4. The predicted octanol–water partition coefficient (Wildman–Crippen LogP) is 3.64. The first-order valence-electron chi connectivity index (χ1n) is 5.70. The Morgan fingerprint density at radius 1 is 1.21 bits per heavy atom. The number of hydrogen-bond donors (Lipinski definition) is 0. The summed E-state index contributed by atoms with van der Waals surface area (Å²) in [6.07, 6.45) is 7.50. The lowest BCUT2D eigenvalue weighted by Gasteiger charge is -2.21. The highest BCUT2D eigenvalue weighted by Gasteiger charge is 2.18. The summed E-state index contributed by atoms with van der Waals surface area (Å²) < 4.78 is 0. The molecule has 0 saturated heterocycles. The van der Waals surface area contributed by atoms with Gasteiger partial charge in [-0.05, 0) is 18.2 Å². The minimum absolute atomic E-state index is 0. The topological polar surface area (TPSA) is 39.4 Å². The molecule has 1 aromatic rings. The molecular weight excluding hydrogens is 349 g/mol. The van der Waals surface area contributed by atoms with Gasteiger partial charge in [0.2, 0.25) is 0 Å². The van der Waals surface area contributed by atoms with Gasteiger partial charge in [0.15, 0.2) is 0 Å². The number of aliphatic imine (C=N–C) groups is 1. The fraction of sp³-hybridized carbons (Fsp3) is 0.0667. The zero-order chi connectivity index (χ0) is 12.5. The molecule has 0 unspecified atom stereocenters. The second kappa shape index (κ2) is 5.41. The maximum absolute atomic E-state index is 8.88. The van der Waals surface area contributed by atoms with Gasteiger partial charge in [-0.2, -0.15) is 5.26 Å². The Hall–Kier alpha value is -1.87. The Balaban J connectivity index is 0.00000133. The van der Waals surface area contributed by atoms with Crippen LogP contribution in [0.5, 0.6) is 0 Å². The summed E-state index contributed by atoms with van der Waals surface area (Å²) in [5.74, 6) is 0. The summed E-state index contributed by atoms with van der Waals surface area (Å²) in [5, 5.41) is 8.88. The average molecular weight is 361 g/mol. The van der Waals surface area contributed by atoms with Crippen LogP contribution in [0.3, 0.4) is 0 Å². The van der Waals surface area contributed by atoms with E-state index in [0.29, 0.717) is 5.57 Å². The van der Waals surface area contributed by atoms with Crippen molar-refractivity contribution < 1.29 is 0 Å². The number of fused-ring (bicyclic) bond motifs is 1. The third kappa shape index (κ3) is 2.34. The van der Waals surface area contributed by atoms with Crippen molar-refractivity contribution in [1.29, 1.82) is 5.26 Å². The van der Waals surface area contributed by atoms with Crippen molar-refractivity contribution in [1.82, 2.24) is 4.90 Å². The van der Waals surface area contributed by atoms with Gasteiger partial charge in [-0.25, -0.2) is 0 Å². The molecule has 0 bridgehead atoms. The van der Waals surface area contributed by atoms with E-state index in [1.807, 2.05) is 54.7 Å². The van der Waals surface area contributed by atoms with Gasteiger partial charge >= 0.3 is 0 Å². The number of nitriles is 1. The van der Waals surface area contributed by atoms with E-state index in [1.165, 1.54) is 0 Å². The quantitative estimate of drug-likeness (QED) is 0.662. The lowest BCUT2D eigenvalue weighted by molar-refractivity contribution is 0.584. The van der Waals surface area contributed by atoms with Gasteiger partial charge in [-0.3, -0.25) is 4.99 Å². The largest absolute Gasteiger partial charge is 0.349 e. The average Bonchev–Trinajstić information content (AvgIpc) is 2.82. The van der Waals surface area contributed by atoms with Crippen LogP contribution >= 0.6 is 24.0 Å². The molecule has 3 nitrogen and oxygen atoms in total. The summed E-state index contributed by atoms with van der Waals surface area (Å²) in [5.41, 5.74) is 4.94. The summed E-state index contributed by atoms with van der Waals surface area (Å²) >= 11 is 0. The highest BCUT2D eigenvalue weighted by Crippen LogP contribution is 2.34. The Morgan fingerprint density at radius 2 is 2.00 bits per heavy atom. The number of hydrogen-bond acceptors (Lipinski definition) is 3. The third-order valence-corrected chi connectivity index (χ3v) is 3.07. The standard InChI is InChI=1S/C15H11N3.HI/c1-18-10-11(8-16)6-7-15(18)13-9-17-14-5-3-2-4-12(13)14;/h2-7,9-10H,1H3;1H/b15-13-;. The molecule has 4 heteroatoms. The van der Waals surface area contributed by atoms with E-state index in [4.69, 9.17) is 5.26 Å². The molecule has 0 N–H and O–H groups in total. The lowest BCUT2D eigenvalue weighted by Crippen LogP contribution is -2.14. The van der Waals surface area contributed by atoms with Crippen LogP contribution in [0.4, 0.5) is 5.69 Å². The summed E-state index contributed by atoms with van der Waals surface area (Å²) in [4.78, 5) is 6.36. The van der Waals surface area contributed by atoms with Gasteiger partial charge in [0.1, 0.15) is 6.07 Å². The first-order chi connectivity index (χ1) is 8.79. The Kier molecular flexibility index (Phi) is 3.86. The van der Waals surface area contributed by atoms with Gasteiger partial charge in [-0.15, -0.1) is 24.0 Å². The molecule has 3 rings (SSSR count). The van der Waals surface area contributed by atoms with Crippen LogP contribution in [0.1, 0.15) is 5.56 Å². The van der Waals surface area contributed by atoms with Crippen LogP contribution in [0.25, 0.3) is 5.57 Å². The second-order valence-corrected chi connectivity index (χ2v) is 4.21. The van der Waals surface area contributed by atoms with Crippen molar-refractivity contribution in [3.05, 3.63) is 59.5 Å². The SMILES string of the molecule is CN1C=C(C#N)C=C/C1=C1\C=Nc2ccccc21.I. The van der Waals surface area contributed by atoms with Gasteiger partial charge in [0, 0.05) is 36.3 Å². The van der Waals surface area contributed by atoms with Crippen LogP contribution in [0.2, 0.25) is 0 Å². The molecule has 0 aromatic heterocycles. The van der Waals surface area contributed by atoms with Crippen molar-refractivity contribution >= 4 is 41.5 Å². The smallest absolute Gasteiger partial charge is 0.101 e. The summed E-state index contributed by atoms with van der Waals surface area (Å²) in [6.45, 7) is 0. The Bertz CT molecular complexity index is 675. The normalized spacial score (nSPS) is 19.6. The van der Waals surface area contributed by atoms with Crippen LogP contribution in [0, 0.1) is 11.3 Å². The van der Waals surface area contributed by atoms with Crippen LogP contribution in [0.15, 0.2) is 58.9 Å². The lowest BCUT2D eigenvalue weighted by atomic mass is 10.0. The predicted molar refractivity (Wildman–Crippen MR) is 87.5 cm³/mol. The highest BCUT2D eigenvalue weighted by atomic mass is 127. The van der Waals surface area contributed by atoms with Crippen molar-refractivity contribution in [2.75, 3.05) is 7.05 Å². The molecule has 0 aliphatic carbocycles. The molecule has 19 heavy (non-hydrogen) atoms. The zero-order valence-corrected chi connectivity index (χ0v) is 12.7. The Labute approximate surface area is 129 Å². The molecule has 0 radical (unpaired) electrons. The van der Waals surface area contributed by atoms with Gasteiger partial charge in [0.25, 0.3) is 0 Å². The molecule has 0 amide bonds. The molecule has 2 aliphatic rings. The molecule has 0 atom stereocenters. The number of benzene rings is 1. The molecular formula is C15H12IN3. The molecule has 0 saturated carbocycles. The van der Waals surface area contributed by atoms with Gasteiger partial charge < -0.3 is 4.90 Å². The van der Waals surface area contributed by atoms with E-state index in [-0.39, 0.29) is 24.0 Å². The molecule has 2 aliphatic heterocycles. The van der Waals surface area contributed by atoms with Crippen molar-refractivity contribution in [3.8, 4) is 6.07 Å². The van der Waals surface area contributed by atoms with E-state index in [9.17, 15) is 0 Å². The number of rotatable bonds is 0. The van der Waals surface area contributed by atoms with E-state index < -0.39 is 0 Å². The number of nitrogens with zero attached hydrogens (tertiary/aromatic N) is 3. The van der Waals surface area contributed by atoms with Crippen LogP contribution in [-0.4, -0.2) is 18.2 Å². The molecule has 0 spiro atoms. The van der Waals surface area contributed by atoms with Crippen molar-refractivity contribution in [2.24, 2.45) is 4.99 Å². The number of likely N-dealkylation sites (N-methyl/N-ethyl adjacent to an activating group) is 1. The first-order valence-corrected chi connectivity index (χ1v) is 5.70. The maximum atomic E-state index is 8.88. The van der Waals surface area contributed by atoms with Gasteiger partial charge in [-0.1, -0.05) is 18.2 Å². The fourth-order valence-corrected chi connectivity index (χ4v) is 2.18. The third-order valence-electron chi connectivity index (χ3n) is 3.07. The van der Waals surface area contributed by atoms with Crippen LogP contribution in [-0.2, 0) is 0 Å². The molecule has 0 fully saturated rings. The van der Waals surface area contributed by atoms with Crippen molar-refractivity contribution in [3.63, 3.8) is 0 Å². The van der Waals surface area contributed by atoms with Crippen molar-refractivity contribution in [2.45, 2.75) is 0 Å². The van der Waals surface area contributed by atoms with Crippen LogP contribution < -0.4 is 0 Å². The monoisotopic (exact) mass is 361 g/mol. The first kappa shape index (κ1) is 13.6. The van der Waals surface area contributed by atoms with E-state index in [1.54, 1.807) is 0 Å². The number of halogens is 1. The summed E-state index contributed by atoms with van der Waals surface area (Å²) in [6, 6.07) is 10.2. The Morgan fingerprint density at radius 3 is 2.74 bits per heavy atom. The highest BCUT2D eigenvalue weighted by molar-refractivity contribution is 14.0. The van der Waals surface area contributed by atoms with Gasteiger partial charge in [0.05, 0.1) is 11.3 Å². The second-order valence-electron chi connectivity index (χ2n) is 4.21. The molecule has 1 aromatic carbocycles. The molecule has 94 valence electrons.